The second-order valence-electron chi connectivity index (χ2n) is 6.47. The topological polar surface area (TPSA) is 48.3 Å². The van der Waals surface area contributed by atoms with Crippen LogP contribution in [0.2, 0.25) is 10.0 Å². The number of hydrogen-bond acceptors (Lipinski definition) is 5. The molecule has 27 heavy (non-hydrogen) atoms. The molecule has 1 fully saturated rings. The molecule has 1 aliphatic heterocycles. The lowest BCUT2D eigenvalue weighted by molar-refractivity contribution is 0.0187. The Labute approximate surface area is 169 Å². The van der Waals surface area contributed by atoms with E-state index >= 15 is 0 Å². The minimum Gasteiger partial charge on any atom is -0.393 e. The summed E-state index contributed by atoms with van der Waals surface area (Å²) in [6.45, 7) is 4.23. The van der Waals surface area contributed by atoms with E-state index in [-0.39, 0.29) is 6.61 Å². The van der Waals surface area contributed by atoms with Gasteiger partial charge in [-0.15, -0.1) is 0 Å². The van der Waals surface area contributed by atoms with Gasteiger partial charge >= 0.3 is 0 Å². The maximum atomic E-state index is 10.2. The minimum atomic E-state index is -0.584. The van der Waals surface area contributed by atoms with Gasteiger partial charge in [-0.25, -0.2) is 0 Å². The van der Waals surface area contributed by atoms with Crippen LogP contribution in [0.1, 0.15) is 5.56 Å². The maximum absolute atomic E-state index is 10.2. The Morgan fingerprint density at radius 1 is 1.04 bits per heavy atom. The summed E-state index contributed by atoms with van der Waals surface area (Å²) in [5, 5.41) is 15.5. The number of benzene rings is 2. The molecule has 1 saturated heterocycles. The van der Waals surface area contributed by atoms with Crippen LogP contribution in [0, 0.1) is 0 Å². The van der Waals surface area contributed by atoms with Crippen molar-refractivity contribution in [3.05, 3.63) is 64.1 Å². The zero-order chi connectivity index (χ0) is 19.1. The quantitative estimate of drug-likeness (QED) is 0.563. The van der Waals surface area contributed by atoms with E-state index in [1.54, 1.807) is 18.3 Å². The van der Waals surface area contributed by atoms with E-state index in [4.69, 9.17) is 28.0 Å². The summed E-state index contributed by atoms with van der Waals surface area (Å²) in [4.78, 5) is 9.71. The minimum absolute atomic E-state index is 0.162. The molecule has 5 nitrogen and oxygen atoms in total. The lowest BCUT2D eigenvalue weighted by Crippen LogP contribution is -2.49. The summed E-state index contributed by atoms with van der Waals surface area (Å²) >= 11 is 12.1. The van der Waals surface area contributed by atoms with Crippen LogP contribution in [-0.2, 0) is 4.84 Å². The van der Waals surface area contributed by atoms with Crippen LogP contribution in [0.15, 0.2) is 53.7 Å². The molecule has 0 aliphatic carbocycles. The van der Waals surface area contributed by atoms with Crippen LogP contribution in [0.4, 0.5) is 5.69 Å². The van der Waals surface area contributed by atoms with Crippen molar-refractivity contribution in [2.75, 3.05) is 44.2 Å². The van der Waals surface area contributed by atoms with Gasteiger partial charge in [-0.1, -0.05) is 52.6 Å². The first kappa shape index (κ1) is 20.0. The van der Waals surface area contributed by atoms with Crippen LogP contribution in [0.3, 0.4) is 0 Å². The van der Waals surface area contributed by atoms with E-state index in [2.05, 4.69) is 15.0 Å². The van der Waals surface area contributed by atoms with Gasteiger partial charge in [0.1, 0.15) is 12.7 Å². The van der Waals surface area contributed by atoms with Gasteiger partial charge in [0.2, 0.25) is 0 Å². The lowest BCUT2D eigenvalue weighted by Gasteiger charge is -2.37. The molecule has 0 aromatic heterocycles. The number of aliphatic hydroxyl groups excluding tert-OH is 1. The van der Waals surface area contributed by atoms with Gasteiger partial charge in [-0.05, 0) is 29.8 Å². The second-order valence-corrected chi connectivity index (χ2v) is 7.32. The third-order valence-electron chi connectivity index (χ3n) is 4.45. The van der Waals surface area contributed by atoms with Crippen molar-refractivity contribution >= 4 is 35.1 Å². The number of halogens is 2. The molecule has 1 heterocycles. The van der Waals surface area contributed by atoms with E-state index in [1.165, 1.54) is 0 Å². The fourth-order valence-electron chi connectivity index (χ4n) is 3.01. The van der Waals surface area contributed by atoms with E-state index < -0.39 is 6.10 Å². The molecule has 1 aliphatic rings. The molecule has 1 atom stereocenters. The first-order valence-corrected chi connectivity index (χ1v) is 9.68. The number of oxime groups is 1. The Balaban J connectivity index is 1.37. The van der Waals surface area contributed by atoms with Crippen molar-refractivity contribution < 1.29 is 9.94 Å². The third-order valence-corrected chi connectivity index (χ3v) is 5.02. The Morgan fingerprint density at radius 2 is 1.74 bits per heavy atom. The number of rotatable bonds is 7. The van der Waals surface area contributed by atoms with E-state index in [0.29, 0.717) is 11.6 Å². The van der Waals surface area contributed by atoms with Crippen LogP contribution in [-0.4, -0.2) is 61.7 Å². The number of nitrogens with zero attached hydrogens (tertiary/aromatic N) is 3. The second kappa shape index (κ2) is 9.95. The molecule has 0 radical (unpaired) electrons. The summed E-state index contributed by atoms with van der Waals surface area (Å²) in [7, 11) is 0. The van der Waals surface area contributed by atoms with Crippen molar-refractivity contribution in [3.8, 4) is 0 Å². The van der Waals surface area contributed by atoms with Crippen molar-refractivity contribution in [3.63, 3.8) is 0 Å². The van der Waals surface area contributed by atoms with Crippen LogP contribution in [0.25, 0.3) is 0 Å². The van der Waals surface area contributed by atoms with Crippen LogP contribution >= 0.6 is 23.2 Å². The molecule has 144 valence electrons. The predicted molar refractivity (Wildman–Crippen MR) is 111 cm³/mol. The van der Waals surface area contributed by atoms with Gasteiger partial charge in [0, 0.05) is 37.7 Å². The number of aliphatic hydroxyl groups is 1. The largest absolute Gasteiger partial charge is 0.393 e. The summed E-state index contributed by atoms with van der Waals surface area (Å²) in [6.07, 6.45) is 1.02. The third kappa shape index (κ3) is 6.11. The van der Waals surface area contributed by atoms with Gasteiger partial charge in [0.05, 0.1) is 16.9 Å². The monoisotopic (exact) mass is 407 g/mol. The molecule has 0 spiro atoms. The van der Waals surface area contributed by atoms with Gasteiger partial charge in [-0.2, -0.15) is 0 Å². The molecule has 2 aromatic rings. The fraction of sp³-hybridized carbons (Fsp3) is 0.350. The predicted octanol–water partition coefficient (Wildman–Crippen LogP) is 3.53. The first-order chi connectivity index (χ1) is 13.1. The highest BCUT2D eigenvalue weighted by Gasteiger charge is 2.20. The fourth-order valence-corrected chi connectivity index (χ4v) is 3.39. The van der Waals surface area contributed by atoms with Gasteiger partial charge in [-0.3, -0.25) is 4.90 Å². The maximum Gasteiger partial charge on any atom is 0.144 e. The molecule has 0 bridgehead atoms. The van der Waals surface area contributed by atoms with Gasteiger partial charge < -0.3 is 14.8 Å². The average molecular weight is 408 g/mol. The van der Waals surface area contributed by atoms with Gasteiger partial charge in [0.15, 0.2) is 0 Å². The van der Waals surface area contributed by atoms with Crippen molar-refractivity contribution in [2.24, 2.45) is 5.16 Å². The molecule has 3 rings (SSSR count). The number of para-hydroxylation sites is 1. The first-order valence-electron chi connectivity index (χ1n) is 8.92. The highest BCUT2D eigenvalue weighted by molar-refractivity contribution is 6.33. The molecule has 0 amide bonds. The molecular weight excluding hydrogens is 385 g/mol. The van der Waals surface area contributed by atoms with Crippen molar-refractivity contribution in [2.45, 2.75) is 6.10 Å². The molecule has 0 saturated carbocycles. The number of β-amino-alcohol motifs (C(OH)–C–C–N with tert-alkyl or cyclic N) is 1. The summed E-state index contributed by atoms with van der Waals surface area (Å²) in [6, 6.07) is 15.2. The van der Waals surface area contributed by atoms with E-state index in [1.807, 2.05) is 36.4 Å². The molecular formula is C20H23Cl2N3O2. The summed E-state index contributed by atoms with van der Waals surface area (Å²) in [5.41, 5.74) is 1.96. The molecule has 1 unspecified atom stereocenters. The zero-order valence-corrected chi connectivity index (χ0v) is 16.5. The van der Waals surface area contributed by atoms with Crippen molar-refractivity contribution in [1.82, 2.24) is 4.90 Å². The van der Waals surface area contributed by atoms with E-state index in [0.717, 1.165) is 42.5 Å². The number of piperazine rings is 1. The Hall–Kier alpha value is -1.79. The lowest BCUT2D eigenvalue weighted by atomic mass is 10.2. The Morgan fingerprint density at radius 3 is 2.44 bits per heavy atom. The SMILES string of the molecule is OC(CON=Cc1ccc(Cl)cc1)CN1CCN(c2ccccc2Cl)CC1. The summed E-state index contributed by atoms with van der Waals surface area (Å²) < 4.78 is 0. The van der Waals surface area contributed by atoms with Gasteiger partial charge in [0.25, 0.3) is 0 Å². The number of anilines is 1. The average Bonchev–Trinajstić information content (AvgIpc) is 2.68. The molecule has 7 heteroatoms. The highest BCUT2D eigenvalue weighted by Crippen LogP contribution is 2.26. The zero-order valence-electron chi connectivity index (χ0n) is 15.0. The highest BCUT2D eigenvalue weighted by atomic mass is 35.5. The Bertz CT molecular complexity index is 747. The molecule has 1 N–H and O–H groups in total. The standard InChI is InChI=1S/C20H23Cl2N3O2/c21-17-7-5-16(6-8-17)13-23-27-15-18(26)14-24-9-11-25(12-10-24)20-4-2-1-3-19(20)22/h1-8,13,18,26H,9-12,14-15H2. The summed E-state index contributed by atoms with van der Waals surface area (Å²) in [5.74, 6) is 0. The Kier molecular flexibility index (Phi) is 7.35. The molecule has 2 aromatic carbocycles. The van der Waals surface area contributed by atoms with Crippen molar-refractivity contribution in [1.29, 1.82) is 0 Å². The van der Waals surface area contributed by atoms with Crippen LogP contribution in [0.5, 0.6) is 0 Å². The normalized spacial score (nSPS) is 16.6. The number of hydrogen-bond donors (Lipinski definition) is 1. The van der Waals surface area contributed by atoms with Crippen LogP contribution < -0.4 is 4.90 Å². The smallest absolute Gasteiger partial charge is 0.144 e. The van der Waals surface area contributed by atoms with E-state index in [9.17, 15) is 5.11 Å².